The number of nitriles is 1. The zero-order valence-corrected chi connectivity index (χ0v) is 11.2. The van der Waals surface area contributed by atoms with Crippen LogP contribution in [-0.2, 0) is 9.59 Å². The van der Waals surface area contributed by atoms with Gasteiger partial charge in [0.2, 0.25) is 11.8 Å². The summed E-state index contributed by atoms with van der Waals surface area (Å²) in [6.07, 6.45) is 0. The van der Waals surface area contributed by atoms with Gasteiger partial charge in [-0.15, -0.1) is 0 Å². The van der Waals surface area contributed by atoms with E-state index in [4.69, 9.17) is 5.26 Å². The summed E-state index contributed by atoms with van der Waals surface area (Å²) in [4.78, 5) is 23.1. The van der Waals surface area contributed by atoms with Gasteiger partial charge < -0.3 is 10.6 Å². The minimum Gasteiger partial charge on any atom is -0.344 e. The van der Waals surface area contributed by atoms with Gasteiger partial charge in [0.25, 0.3) is 0 Å². The van der Waals surface area contributed by atoms with Crippen LogP contribution in [0.1, 0.15) is 26.3 Å². The maximum atomic E-state index is 12.1. The largest absolute Gasteiger partial charge is 0.344 e. The van der Waals surface area contributed by atoms with Crippen molar-refractivity contribution >= 4 is 17.5 Å². The summed E-state index contributed by atoms with van der Waals surface area (Å²) in [5, 5.41) is 14.0. The molecule has 0 heterocycles. The van der Waals surface area contributed by atoms with Crippen LogP contribution in [0.3, 0.4) is 0 Å². The van der Waals surface area contributed by atoms with Crippen LogP contribution in [0.25, 0.3) is 0 Å². The first-order chi connectivity index (χ1) is 8.93. The average molecular weight is 259 g/mol. The van der Waals surface area contributed by atoms with Crippen LogP contribution in [0.4, 0.5) is 5.69 Å². The SMILES string of the molecule is CC(=O)NC(C(=O)Nc1ccc(C#N)cc1)C(C)C. The third-order valence-corrected chi connectivity index (χ3v) is 2.59. The smallest absolute Gasteiger partial charge is 0.247 e. The molecule has 0 radical (unpaired) electrons. The van der Waals surface area contributed by atoms with E-state index >= 15 is 0 Å². The first kappa shape index (κ1) is 14.7. The molecule has 2 amide bonds. The molecular formula is C14H17N3O2. The monoisotopic (exact) mass is 259 g/mol. The van der Waals surface area contributed by atoms with E-state index in [1.165, 1.54) is 6.92 Å². The molecule has 5 heteroatoms. The van der Waals surface area contributed by atoms with Crippen molar-refractivity contribution in [3.05, 3.63) is 29.8 Å². The predicted octanol–water partition coefficient (Wildman–Crippen LogP) is 1.66. The molecule has 0 saturated heterocycles. The molecule has 0 fully saturated rings. The second-order valence-electron chi connectivity index (χ2n) is 4.60. The fraction of sp³-hybridized carbons (Fsp3) is 0.357. The zero-order valence-electron chi connectivity index (χ0n) is 11.2. The maximum Gasteiger partial charge on any atom is 0.247 e. The van der Waals surface area contributed by atoms with Crippen molar-refractivity contribution in [1.29, 1.82) is 5.26 Å². The van der Waals surface area contributed by atoms with Crippen LogP contribution in [0.5, 0.6) is 0 Å². The van der Waals surface area contributed by atoms with E-state index in [9.17, 15) is 9.59 Å². The molecule has 0 aromatic heterocycles. The van der Waals surface area contributed by atoms with Crippen molar-refractivity contribution in [2.24, 2.45) is 5.92 Å². The first-order valence-corrected chi connectivity index (χ1v) is 6.02. The Morgan fingerprint density at radius 1 is 1.21 bits per heavy atom. The zero-order chi connectivity index (χ0) is 14.4. The highest BCUT2D eigenvalue weighted by atomic mass is 16.2. The number of carbonyl (C=O) groups is 2. The van der Waals surface area contributed by atoms with E-state index in [1.54, 1.807) is 24.3 Å². The highest BCUT2D eigenvalue weighted by molar-refractivity contribution is 5.97. The fourth-order valence-corrected chi connectivity index (χ4v) is 1.60. The van der Waals surface area contributed by atoms with Crippen LogP contribution in [0.15, 0.2) is 24.3 Å². The lowest BCUT2D eigenvalue weighted by atomic mass is 10.0. The van der Waals surface area contributed by atoms with Crippen molar-refractivity contribution in [2.75, 3.05) is 5.32 Å². The molecular weight excluding hydrogens is 242 g/mol. The van der Waals surface area contributed by atoms with Crippen LogP contribution < -0.4 is 10.6 Å². The quantitative estimate of drug-likeness (QED) is 0.862. The first-order valence-electron chi connectivity index (χ1n) is 6.02. The Morgan fingerprint density at radius 2 is 1.79 bits per heavy atom. The summed E-state index contributed by atoms with van der Waals surface area (Å²) in [6, 6.07) is 7.98. The van der Waals surface area contributed by atoms with Gasteiger partial charge in [-0.05, 0) is 30.2 Å². The Hall–Kier alpha value is -2.35. The second kappa shape index (κ2) is 6.55. The van der Waals surface area contributed by atoms with E-state index in [0.29, 0.717) is 11.3 Å². The van der Waals surface area contributed by atoms with Crippen molar-refractivity contribution < 1.29 is 9.59 Å². The van der Waals surface area contributed by atoms with Gasteiger partial charge in [0.05, 0.1) is 11.6 Å². The molecule has 0 aliphatic rings. The highest BCUT2D eigenvalue weighted by Crippen LogP contribution is 2.11. The van der Waals surface area contributed by atoms with E-state index < -0.39 is 6.04 Å². The van der Waals surface area contributed by atoms with E-state index in [0.717, 1.165) is 0 Å². The van der Waals surface area contributed by atoms with E-state index in [1.807, 2.05) is 19.9 Å². The third kappa shape index (κ3) is 4.43. The van der Waals surface area contributed by atoms with Crippen LogP contribution >= 0.6 is 0 Å². The van der Waals surface area contributed by atoms with Gasteiger partial charge in [0.1, 0.15) is 6.04 Å². The molecule has 0 aliphatic heterocycles. The van der Waals surface area contributed by atoms with Crippen molar-refractivity contribution in [3.8, 4) is 6.07 Å². The Labute approximate surface area is 112 Å². The summed E-state index contributed by atoms with van der Waals surface area (Å²) >= 11 is 0. The number of benzene rings is 1. The van der Waals surface area contributed by atoms with Gasteiger partial charge in [-0.1, -0.05) is 13.8 Å². The summed E-state index contributed by atoms with van der Waals surface area (Å²) in [7, 11) is 0. The van der Waals surface area contributed by atoms with Crippen molar-refractivity contribution in [3.63, 3.8) is 0 Å². The molecule has 19 heavy (non-hydrogen) atoms. The molecule has 0 saturated carbocycles. The minimum atomic E-state index is -0.576. The van der Waals surface area contributed by atoms with Crippen LogP contribution in [0, 0.1) is 17.2 Å². The Kier molecular flexibility index (Phi) is 5.07. The number of amides is 2. The lowest BCUT2D eigenvalue weighted by molar-refractivity contribution is -0.126. The highest BCUT2D eigenvalue weighted by Gasteiger charge is 2.22. The van der Waals surface area contributed by atoms with Gasteiger partial charge >= 0.3 is 0 Å². The molecule has 1 unspecified atom stereocenters. The molecule has 1 aromatic rings. The summed E-state index contributed by atoms with van der Waals surface area (Å²) in [5.41, 5.74) is 1.13. The van der Waals surface area contributed by atoms with Crippen LogP contribution in [-0.4, -0.2) is 17.9 Å². The van der Waals surface area contributed by atoms with E-state index in [-0.39, 0.29) is 17.7 Å². The molecule has 0 aliphatic carbocycles. The molecule has 2 N–H and O–H groups in total. The number of carbonyl (C=O) groups excluding carboxylic acids is 2. The lowest BCUT2D eigenvalue weighted by Gasteiger charge is -2.20. The number of nitrogens with zero attached hydrogens (tertiary/aromatic N) is 1. The summed E-state index contributed by atoms with van der Waals surface area (Å²) in [5.74, 6) is -0.522. The molecule has 100 valence electrons. The summed E-state index contributed by atoms with van der Waals surface area (Å²) < 4.78 is 0. The fourth-order valence-electron chi connectivity index (χ4n) is 1.60. The number of nitrogens with one attached hydrogen (secondary N) is 2. The average Bonchev–Trinajstić information content (AvgIpc) is 2.36. The Balaban J connectivity index is 2.75. The molecule has 0 bridgehead atoms. The minimum absolute atomic E-state index is 0.0118. The van der Waals surface area contributed by atoms with Gasteiger partial charge in [0, 0.05) is 12.6 Å². The normalized spacial score (nSPS) is 11.5. The molecule has 1 atom stereocenters. The predicted molar refractivity (Wildman–Crippen MR) is 72.2 cm³/mol. The second-order valence-corrected chi connectivity index (χ2v) is 4.60. The molecule has 5 nitrogen and oxygen atoms in total. The standard InChI is InChI=1S/C14H17N3O2/c1-9(2)13(16-10(3)18)14(19)17-12-6-4-11(8-15)5-7-12/h4-7,9,13H,1-3H3,(H,16,18)(H,17,19). The lowest BCUT2D eigenvalue weighted by Crippen LogP contribution is -2.46. The molecule has 1 rings (SSSR count). The van der Waals surface area contributed by atoms with Gasteiger partial charge in [-0.2, -0.15) is 5.26 Å². The maximum absolute atomic E-state index is 12.1. The Bertz CT molecular complexity index is 500. The molecule has 1 aromatic carbocycles. The number of rotatable bonds is 4. The third-order valence-electron chi connectivity index (χ3n) is 2.59. The van der Waals surface area contributed by atoms with Gasteiger partial charge in [0.15, 0.2) is 0 Å². The number of hydrogen-bond donors (Lipinski definition) is 2. The number of hydrogen-bond acceptors (Lipinski definition) is 3. The topological polar surface area (TPSA) is 82.0 Å². The van der Waals surface area contributed by atoms with Gasteiger partial charge in [-0.3, -0.25) is 9.59 Å². The van der Waals surface area contributed by atoms with Crippen molar-refractivity contribution in [1.82, 2.24) is 5.32 Å². The molecule has 0 spiro atoms. The van der Waals surface area contributed by atoms with Crippen molar-refractivity contribution in [2.45, 2.75) is 26.8 Å². The van der Waals surface area contributed by atoms with Gasteiger partial charge in [-0.25, -0.2) is 0 Å². The Morgan fingerprint density at radius 3 is 2.21 bits per heavy atom. The van der Waals surface area contributed by atoms with E-state index in [2.05, 4.69) is 10.6 Å². The van der Waals surface area contributed by atoms with Crippen LogP contribution in [0.2, 0.25) is 0 Å². The number of anilines is 1. The summed E-state index contributed by atoms with van der Waals surface area (Å²) in [6.45, 7) is 5.10.